The van der Waals surface area contributed by atoms with Crippen LogP contribution in [0.1, 0.15) is 31.2 Å². The van der Waals surface area contributed by atoms with Gasteiger partial charge in [0.15, 0.2) is 5.65 Å². The van der Waals surface area contributed by atoms with Crippen LogP contribution in [0.2, 0.25) is 0 Å². The monoisotopic (exact) mass is 273 g/mol. The highest BCUT2D eigenvalue weighted by Crippen LogP contribution is 2.31. The lowest BCUT2D eigenvalue weighted by Gasteiger charge is -2.15. The van der Waals surface area contributed by atoms with Gasteiger partial charge in [0.25, 0.3) is 0 Å². The highest BCUT2D eigenvalue weighted by molar-refractivity contribution is 5.71. The fraction of sp³-hybridized carbons (Fsp3) is 0.600. The Morgan fingerprint density at radius 2 is 2.30 bits per heavy atom. The smallest absolute Gasteiger partial charge is 0.160 e. The van der Waals surface area contributed by atoms with E-state index in [1.165, 1.54) is 0 Å². The number of rotatable bonds is 3. The maximum Gasteiger partial charge on any atom is 0.160 e. The van der Waals surface area contributed by atoms with Crippen molar-refractivity contribution >= 4 is 11.2 Å². The van der Waals surface area contributed by atoms with Crippen molar-refractivity contribution in [2.75, 3.05) is 19.8 Å². The summed E-state index contributed by atoms with van der Waals surface area (Å²) in [4.78, 5) is 9.29. The zero-order valence-corrected chi connectivity index (χ0v) is 11.5. The van der Waals surface area contributed by atoms with Crippen LogP contribution in [0.5, 0.6) is 0 Å². The van der Waals surface area contributed by atoms with E-state index in [1.54, 1.807) is 0 Å². The molecule has 20 heavy (non-hydrogen) atoms. The first kappa shape index (κ1) is 12.3. The average molecular weight is 273 g/mol. The summed E-state index contributed by atoms with van der Waals surface area (Å²) in [5.41, 5.74) is 1.95. The van der Waals surface area contributed by atoms with Gasteiger partial charge in [-0.05, 0) is 31.4 Å². The number of fused-ring (bicyclic) bond motifs is 1. The Labute approximate surface area is 117 Å². The maximum absolute atomic E-state index is 5.83. The number of hydrogen-bond donors (Lipinski definition) is 0. The SMILES string of the molecule is c1cnc2c(c1)nc(C1CCCO1)n2CC1CCOC1. The second-order valence-electron chi connectivity index (χ2n) is 5.66. The lowest BCUT2D eigenvalue weighted by atomic mass is 10.1. The molecule has 106 valence electrons. The number of nitrogens with zero attached hydrogens (tertiary/aromatic N) is 3. The summed E-state index contributed by atoms with van der Waals surface area (Å²) in [6.07, 6.45) is 5.27. The number of imidazole rings is 1. The van der Waals surface area contributed by atoms with Crippen molar-refractivity contribution in [1.29, 1.82) is 0 Å². The molecule has 2 unspecified atom stereocenters. The van der Waals surface area contributed by atoms with Crippen molar-refractivity contribution in [3.05, 3.63) is 24.2 Å². The van der Waals surface area contributed by atoms with Crippen LogP contribution in [0.25, 0.3) is 11.2 Å². The van der Waals surface area contributed by atoms with Gasteiger partial charge in [-0.25, -0.2) is 9.97 Å². The van der Waals surface area contributed by atoms with Crippen molar-refractivity contribution in [1.82, 2.24) is 14.5 Å². The molecular weight excluding hydrogens is 254 g/mol. The topological polar surface area (TPSA) is 49.2 Å². The van der Waals surface area contributed by atoms with E-state index in [9.17, 15) is 0 Å². The van der Waals surface area contributed by atoms with E-state index in [-0.39, 0.29) is 6.10 Å². The number of pyridine rings is 1. The molecule has 2 saturated heterocycles. The molecule has 2 aromatic rings. The van der Waals surface area contributed by atoms with Crippen molar-refractivity contribution in [2.45, 2.75) is 31.9 Å². The molecule has 0 amide bonds. The predicted molar refractivity (Wildman–Crippen MR) is 74.4 cm³/mol. The van der Waals surface area contributed by atoms with E-state index in [4.69, 9.17) is 14.5 Å². The third-order valence-electron chi connectivity index (χ3n) is 4.22. The molecule has 2 aliphatic rings. The second kappa shape index (κ2) is 5.14. The molecule has 0 saturated carbocycles. The Balaban J connectivity index is 1.75. The number of hydrogen-bond acceptors (Lipinski definition) is 4. The van der Waals surface area contributed by atoms with Crippen LogP contribution in [0.15, 0.2) is 18.3 Å². The van der Waals surface area contributed by atoms with Gasteiger partial charge in [0.2, 0.25) is 0 Å². The molecule has 5 heteroatoms. The van der Waals surface area contributed by atoms with Crippen LogP contribution < -0.4 is 0 Å². The van der Waals surface area contributed by atoms with Crippen LogP contribution in [0.4, 0.5) is 0 Å². The molecule has 2 aromatic heterocycles. The standard InChI is InChI=1S/C15H19N3O2/c1-3-12-14(16-6-1)18(9-11-5-8-19-10-11)15(17-12)13-4-2-7-20-13/h1,3,6,11,13H,2,4-5,7-10H2. The first-order valence-electron chi connectivity index (χ1n) is 7.42. The molecule has 0 aliphatic carbocycles. The minimum Gasteiger partial charge on any atom is -0.381 e. The summed E-state index contributed by atoms with van der Waals surface area (Å²) in [6.45, 7) is 3.49. The average Bonchev–Trinajstić information content (AvgIpc) is 3.19. The second-order valence-corrected chi connectivity index (χ2v) is 5.66. The maximum atomic E-state index is 5.83. The van der Waals surface area contributed by atoms with Crippen LogP contribution in [0, 0.1) is 5.92 Å². The van der Waals surface area contributed by atoms with Gasteiger partial charge < -0.3 is 14.0 Å². The van der Waals surface area contributed by atoms with Gasteiger partial charge in [0, 0.05) is 31.9 Å². The van der Waals surface area contributed by atoms with Gasteiger partial charge >= 0.3 is 0 Å². The summed E-state index contributed by atoms with van der Waals surface area (Å²) in [7, 11) is 0. The summed E-state index contributed by atoms with van der Waals surface area (Å²) >= 11 is 0. The highest BCUT2D eigenvalue weighted by atomic mass is 16.5. The molecule has 2 atom stereocenters. The van der Waals surface area contributed by atoms with Crippen LogP contribution in [-0.4, -0.2) is 34.4 Å². The summed E-state index contributed by atoms with van der Waals surface area (Å²) in [5.74, 6) is 1.61. The molecule has 2 aliphatic heterocycles. The molecule has 4 rings (SSSR count). The van der Waals surface area contributed by atoms with E-state index in [2.05, 4.69) is 9.55 Å². The Morgan fingerprint density at radius 3 is 3.10 bits per heavy atom. The fourth-order valence-electron chi connectivity index (χ4n) is 3.17. The number of aromatic nitrogens is 3. The van der Waals surface area contributed by atoms with E-state index >= 15 is 0 Å². The highest BCUT2D eigenvalue weighted by Gasteiger charge is 2.27. The van der Waals surface area contributed by atoms with Crippen molar-refractivity contribution < 1.29 is 9.47 Å². The fourth-order valence-corrected chi connectivity index (χ4v) is 3.17. The van der Waals surface area contributed by atoms with Crippen LogP contribution in [0.3, 0.4) is 0 Å². The zero-order valence-electron chi connectivity index (χ0n) is 11.5. The van der Waals surface area contributed by atoms with Gasteiger partial charge in [-0.3, -0.25) is 0 Å². The summed E-state index contributed by atoms with van der Waals surface area (Å²) in [6, 6.07) is 3.97. The largest absolute Gasteiger partial charge is 0.381 e. The molecule has 0 N–H and O–H groups in total. The predicted octanol–water partition coefficient (Wildman–Crippen LogP) is 2.32. The normalized spacial score (nSPS) is 26.6. The molecule has 0 aromatic carbocycles. The van der Waals surface area contributed by atoms with Gasteiger partial charge in [0.1, 0.15) is 17.4 Å². The molecule has 0 spiro atoms. The van der Waals surface area contributed by atoms with E-state index in [1.807, 2.05) is 18.3 Å². The van der Waals surface area contributed by atoms with Crippen LogP contribution >= 0.6 is 0 Å². The lowest BCUT2D eigenvalue weighted by molar-refractivity contribution is 0.101. The summed E-state index contributed by atoms with van der Waals surface area (Å²) in [5, 5.41) is 0. The third kappa shape index (κ3) is 2.11. The lowest BCUT2D eigenvalue weighted by Crippen LogP contribution is -2.15. The Bertz CT molecular complexity index is 598. The van der Waals surface area contributed by atoms with Crippen LogP contribution in [-0.2, 0) is 16.0 Å². The Morgan fingerprint density at radius 1 is 1.30 bits per heavy atom. The van der Waals surface area contributed by atoms with Gasteiger partial charge in [-0.2, -0.15) is 0 Å². The minimum absolute atomic E-state index is 0.131. The van der Waals surface area contributed by atoms with Crippen molar-refractivity contribution in [3.8, 4) is 0 Å². The van der Waals surface area contributed by atoms with Gasteiger partial charge in [0.05, 0.1) is 6.61 Å². The first-order chi connectivity index (χ1) is 9.92. The van der Waals surface area contributed by atoms with E-state index < -0.39 is 0 Å². The quantitative estimate of drug-likeness (QED) is 0.861. The molecule has 4 heterocycles. The van der Waals surface area contributed by atoms with Gasteiger partial charge in [-0.1, -0.05) is 0 Å². The third-order valence-corrected chi connectivity index (χ3v) is 4.22. The molecule has 0 radical (unpaired) electrons. The van der Waals surface area contributed by atoms with E-state index in [0.717, 1.165) is 62.6 Å². The zero-order chi connectivity index (χ0) is 13.4. The minimum atomic E-state index is 0.131. The van der Waals surface area contributed by atoms with Crippen molar-refractivity contribution in [2.24, 2.45) is 5.92 Å². The summed E-state index contributed by atoms with van der Waals surface area (Å²) < 4.78 is 13.6. The molecular formula is C15H19N3O2. The van der Waals surface area contributed by atoms with Crippen molar-refractivity contribution in [3.63, 3.8) is 0 Å². The Hall–Kier alpha value is -1.46. The molecule has 2 fully saturated rings. The Kier molecular flexibility index (Phi) is 3.16. The number of ether oxygens (including phenoxy) is 2. The first-order valence-corrected chi connectivity index (χ1v) is 7.42. The molecule has 5 nitrogen and oxygen atoms in total. The molecule has 0 bridgehead atoms. The van der Waals surface area contributed by atoms with E-state index in [0.29, 0.717) is 5.92 Å². The van der Waals surface area contributed by atoms with Gasteiger partial charge in [-0.15, -0.1) is 0 Å².